The summed E-state index contributed by atoms with van der Waals surface area (Å²) in [6, 6.07) is 10.3. The molecule has 0 saturated carbocycles. The van der Waals surface area contributed by atoms with E-state index in [0.29, 0.717) is 39.6 Å². The number of benzene rings is 2. The Hall–Kier alpha value is -2.91. The number of hydrogen-bond donors (Lipinski definition) is 1. The standard InChI is InChI=1S/C21H19BrN2O5S/c1-4-29-18-11-14(22)12(10-17(18)28-3)9-13-19(25)23-21(30)24(20(13)26)15-7-5-6-8-16(15)27-2/h5-11H,4H2,1-3H3,(H,23,25,30)/b13-9+. The van der Waals surface area contributed by atoms with E-state index in [9.17, 15) is 9.59 Å². The summed E-state index contributed by atoms with van der Waals surface area (Å²) in [5.41, 5.74) is 0.923. The Kier molecular flexibility index (Phi) is 6.73. The van der Waals surface area contributed by atoms with Gasteiger partial charge in [0.1, 0.15) is 11.3 Å². The van der Waals surface area contributed by atoms with Gasteiger partial charge in [0.2, 0.25) is 0 Å². The molecule has 2 amide bonds. The molecule has 1 aliphatic rings. The second-order valence-electron chi connectivity index (χ2n) is 6.09. The van der Waals surface area contributed by atoms with Crippen LogP contribution in [-0.4, -0.2) is 37.8 Å². The van der Waals surface area contributed by atoms with E-state index >= 15 is 0 Å². The third kappa shape index (κ3) is 4.17. The van der Waals surface area contributed by atoms with Gasteiger partial charge in [0.25, 0.3) is 11.8 Å². The average molecular weight is 491 g/mol. The Labute approximate surface area is 187 Å². The van der Waals surface area contributed by atoms with E-state index in [4.69, 9.17) is 26.4 Å². The lowest BCUT2D eigenvalue weighted by Gasteiger charge is -2.29. The molecule has 0 radical (unpaired) electrons. The zero-order valence-electron chi connectivity index (χ0n) is 16.5. The average Bonchev–Trinajstić information content (AvgIpc) is 2.72. The number of halogens is 1. The fraction of sp³-hybridized carbons (Fsp3) is 0.190. The summed E-state index contributed by atoms with van der Waals surface area (Å²) in [6.45, 7) is 2.33. The Morgan fingerprint density at radius 2 is 1.80 bits per heavy atom. The molecule has 0 unspecified atom stereocenters. The first kappa shape index (κ1) is 21.8. The van der Waals surface area contributed by atoms with Gasteiger partial charge in [-0.15, -0.1) is 0 Å². The first-order chi connectivity index (χ1) is 14.4. The van der Waals surface area contributed by atoms with Crippen LogP contribution in [0.5, 0.6) is 17.2 Å². The van der Waals surface area contributed by atoms with Crippen LogP contribution in [0.15, 0.2) is 46.4 Å². The Morgan fingerprint density at radius 3 is 2.47 bits per heavy atom. The monoisotopic (exact) mass is 490 g/mol. The van der Waals surface area contributed by atoms with Crippen LogP contribution < -0.4 is 24.4 Å². The van der Waals surface area contributed by atoms with Gasteiger partial charge in [0, 0.05) is 4.47 Å². The first-order valence-corrected chi connectivity index (χ1v) is 10.2. The highest BCUT2D eigenvalue weighted by atomic mass is 79.9. The molecule has 0 aromatic heterocycles. The lowest BCUT2D eigenvalue weighted by molar-refractivity contribution is -0.122. The number of carbonyl (C=O) groups is 2. The number of anilines is 1. The minimum absolute atomic E-state index is 0.0185. The van der Waals surface area contributed by atoms with Gasteiger partial charge in [-0.05, 0) is 55.0 Å². The highest BCUT2D eigenvalue weighted by Gasteiger charge is 2.36. The molecule has 3 rings (SSSR count). The van der Waals surface area contributed by atoms with Gasteiger partial charge in [-0.25, -0.2) is 4.90 Å². The van der Waals surface area contributed by atoms with Crippen molar-refractivity contribution < 1.29 is 23.8 Å². The molecule has 9 heteroatoms. The topological polar surface area (TPSA) is 77.1 Å². The van der Waals surface area contributed by atoms with Crippen molar-refractivity contribution in [1.82, 2.24) is 5.32 Å². The quantitative estimate of drug-likeness (QED) is 0.378. The lowest BCUT2D eigenvalue weighted by Crippen LogP contribution is -2.54. The third-order valence-electron chi connectivity index (χ3n) is 4.31. The number of nitrogens with zero attached hydrogens (tertiary/aromatic N) is 1. The van der Waals surface area contributed by atoms with E-state index in [2.05, 4.69) is 21.2 Å². The summed E-state index contributed by atoms with van der Waals surface area (Å²) >= 11 is 8.70. The summed E-state index contributed by atoms with van der Waals surface area (Å²) in [5.74, 6) is 0.328. The number of thiocarbonyl (C=S) groups is 1. The fourth-order valence-corrected chi connectivity index (χ4v) is 3.65. The van der Waals surface area contributed by atoms with Crippen molar-refractivity contribution in [2.45, 2.75) is 6.92 Å². The van der Waals surface area contributed by atoms with Gasteiger partial charge in [0.05, 0.1) is 26.5 Å². The highest BCUT2D eigenvalue weighted by Crippen LogP contribution is 2.36. The highest BCUT2D eigenvalue weighted by molar-refractivity contribution is 9.10. The predicted octanol–water partition coefficient (Wildman–Crippen LogP) is 3.70. The lowest BCUT2D eigenvalue weighted by atomic mass is 10.1. The van der Waals surface area contributed by atoms with E-state index < -0.39 is 11.8 Å². The van der Waals surface area contributed by atoms with Crippen LogP contribution in [0.2, 0.25) is 0 Å². The fourth-order valence-electron chi connectivity index (χ4n) is 2.94. The molecule has 2 aromatic carbocycles. The summed E-state index contributed by atoms with van der Waals surface area (Å²) in [5, 5.41) is 2.54. The maximum Gasteiger partial charge on any atom is 0.270 e. The molecule has 0 bridgehead atoms. The number of hydrogen-bond acceptors (Lipinski definition) is 6. The molecule has 0 aliphatic carbocycles. The van der Waals surface area contributed by atoms with Crippen molar-refractivity contribution in [2.24, 2.45) is 0 Å². The zero-order chi connectivity index (χ0) is 21.8. The zero-order valence-corrected chi connectivity index (χ0v) is 18.9. The van der Waals surface area contributed by atoms with Crippen molar-refractivity contribution in [3.8, 4) is 17.2 Å². The molecule has 1 saturated heterocycles. The Bertz CT molecular complexity index is 1050. The molecule has 7 nitrogen and oxygen atoms in total. The van der Waals surface area contributed by atoms with Gasteiger partial charge >= 0.3 is 0 Å². The maximum absolute atomic E-state index is 13.2. The number of rotatable bonds is 6. The number of nitrogens with one attached hydrogen (secondary N) is 1. The van der Waals surface area contributed by atoms with Crippen molar-refractivity contribution in [1.29, 1.82) is 0 Å². The number of carbonyl (C=O) groups excluding carboxylic acids is 2. The van der Waals surface area contributed by atoms with E-state index in [0.717, 1.165) is 0 Å². The molecule has 0 spiro atoms. The summed E-state index contributed by atoms with van der Waals surface area (Å²) in [7, 11) is 3.01. The molecule has 30 heavy (non-hydrogen) atoms. The van der Waals surface area contributed by atoms with Crippen LogP contribution in [0.1, 0.15) is 12.5 Å². The van der Waals surface area contributed by atoms with Crippen LogP contribution in [0.3, 0.4) is 0 Å². The van der Waals surface area contributed by atoms with Crippen molar-refractivity contribution in [3.63, 3.8) is 0 Å². The SMILES string of the molecule is CCOc1cc(Br)c(/C=C2\C(=O)NC(=S)N(c3ccccc3OC)C2=O)cc1OC. The van der Waals surface area contributed by atoms with Gasteiger partial charge in [-0.1, -0.05) is 28.1 Å². The van der Waals surface area contributed by atoms with E-state index in [1.807, 2.05) is 6.92 Å². The van der Waals surface area contributed by atoms with Crippen molar-refractivity contribution in [2.75, 3.05) is 25.7 Å². The van der Waals surface area contributed by atoms with Crippen LogP contribution in [0, 0.1) is 0 Å². The minimum Gasteiger partial charge on any atom is -0.495 e. The second kappa shape index (κ2) is 9.27. The molecule has 1 fully saturated rings. The van der Waals surface area contributed by atoms with Gasteiger partial charge in [0.15, 0.2) is 16.6 Å². The van der Waals surface area contributed by atoms with E-state index in [-0.39, 0.29) is 10.7 Å². The summed E-state index contributed by atoms with van der Waals surface area (Å²) < 4.78 is 16.9. The normalized spacial score (nSPS) is 15.3. The second-order valence-corrected chi connectivity index (χ2v) is 7.33. The minimum atomic E-state index is -0.587. The van der Waals surface area contributed by atoms with Crippen LogP contribution in [0.25, 0.3) is 6.08 Å². The van der Waals surface area contributed by atoms with Crippen LogP contribution in [0.4, 0.5) is 5.69 Å². The third-order valence-corrected chi connectivity index (χ3v) is 5.28. The number of para-hydroxylation sites is 2. The van der Waals surface area contributed by atoms with Gasteiger partial charge < -0.3 is 14.2 Å². The summed E-state index contributed by atoms with van der Waals surface area (Å²) in [6.07, 6.45) is 1.48. The molecule has 1 aliphatic heterocycles. The maximum atomic E-state index is 13.2. The molecule has 156 valence electrons. The van der Waals surface area contributed by atoms with Gasteiger partial charge in [-0.3, -0.25) is 14.9 Å². The Morgan fingerprint density at radius 1 is 1.10 bits per heavy atom. The Balaban J connectivity index is 2.07. The first-order valence-electron chi connectivity index (χ1n) is 8.96. The van der Waals surface area contributed by atoms with Crippen LogP contribution in [-0.2, 0) is 9.59 Å². The van der Waals surface area contributed by atoms with Gasteiger partial charge in [-0.2, -0.15) is 0 Å². The van der Waals surface area contributed by atoms with Crippen LogP contribution >= 0.6 is 28.1 Å². The largest absolute Gasteiger partial charge is 0.495 e. The summed E-state index contributed by atoms with van der Waals surface area (Å²) in [4.78, 5) is 27.0. The number of methoxy groups -OCH3 is 2. The molecule has 2 aromatic rings. The van der Waals surface area contributed by atoms with E-state index in [1.165, 1.54) is 25.2 Å². The molecule has 0 atom stereocenters. The van der Waals surface area contributed by atoms with E-state index in [1.54, 1.807) is 36.4 Å². The van der Waals surface area contributed by atoms with Crippen molar-refractivity contribution in [3.05, 3.63) is 52.0 Å². The number of ether oxygens (including phenoxy) is 3. The number of amides is 2. The van der Waals surface area contributed by atoms with Crippen molar-refractivity contribution >= 4 is 56.8 Å². The molecular formula is C21H19BrN2O5S. The molecule has 1 heterocycles. The predicted molar refractivity (Wildman–Crippen MR) is 121 cm³/mol. The molecular weight excluding hydrogens is 472 g/mol. The molecule has 1 N–H and O–H groups in total. The smallest absolute Gasteiger partial charge is 0.270 e.